The molecule has 0 fully saturated rings. The second-order valence-corrected chi connectivity index (χ2v) is 3.25. The Morgan fingerprint density at radius 2 is 2.13 bits per heavy atom. The Morgan fingerprint density at radius 3 is 2.60 bits per heavy atom. The van der Waals surface area contributed by atoms with Gasteiger partial charge in [-0.1, -0.05) is 6.07 Å². The number of carbonyl (C=O) groups is 1. The molecule has 84 valence electrons. The molecule has 15 heavy (non-hydrogen) atoms. The first-order chi connectivity index (χ1) is 6.43. The van der Waals surface area contributed by atoms with Crippen molar-refractivity contribution in [1.82, 2.24) is 4.57 Å². The van der Waals surface area contributed by atoms with Crippen molar-refractivity contribution >= 4 is 18.4 Å². The summed E-state index contributed by atoms with van der Waals surface area (Å²) in [7, 11) is 0. The number of pyridine rings is 1. The van der Waals surface area contributed by atoms with E-state index in [2.05, 4.69) is 0 Å². The third kappa shape index (κ3) is 3.38. The zero-order chi connectivity index (χ0) is 10.8. The van der Waals surface area contributed by atoms with Crippen LogP contribution in [0.3, 0.4) is 0 Å². The van der Waals surface area contributed by atoms with Crippen LogP contribution < -0.4 is 5.56 Å². The van der Waals surface area contributed by atoms with E-state index in [1.54, 1.807) is 12.1 Å². The second-order valence-electron chi connectivity index (χ2n) is 3.25. The molecule has 0 radical (unpaired) electrons. The highest BCUT2D eigenvalue weighted by Crippen LogP contribution is 2.05. The summed E-state index contributed by atoms with van der Waals surface area (Å²) >= 11 is 0. The maximum Gasteiger partial charge on any atom is 0.337 e. The molecule has 6 heteroatoms. The molecule has 2 N–H and O–H groups in total. The second kappa shape index (κ2) is 4.95. The van der Waals surface area contributed by atoms with Crippen LogP contribution in [0.5, 0.6) is 0 Å². The van der Waals surface area contributed by atoms with E-state index in [1.807, 2.05) is 0 Å². The topological polar surface area (TPSA) is 79.5 Å². The van der Waals surface area contributed by atoms with Gasteiger partial charge in [0.1, 0.15) is 0 Å². The molecule has 5 nitrogen and oxygen atoms in total. The number of carboxylic acid groups (broad SMARTS) is 1. The first kappa shape index (κ1) is 13.7. The Morgan fingerprint density at radius 1 is 1.53 bits per heavy atom. The number of halogens is 1. The Kier molecular flexibility index (Phi) is 4.51. The van der Waals surface area contributed by atoms with E-state index >= 15 is 0 Å². The van der Waals surface area contributed by atoms with Crippen molar-refractivity contribution in [2.24, 2.45) is 0 Å². The van der Waals surface area contributed by atoms with Crippen LogP contribution in [0.15, 0.2) is 29.2 Å². The average Bonchev–Trinajstić information content (AvgIpc) is 2.08. The van der Waals surface area contributed by atoms with E-state index in [1.165, 1.54) is 12.3 Å². The van der Waals surface area contributed by atoms with Crippen molar-refractivity contribution in [3.05, 3.63) is 34.7 Å². The molecule has 1 unspecified atom stereocenters. The largest absolute Gasteiger partial charge is 0.479 e. The molecule has 1 rings (SSSR count). The van der Waals surface area contributed by atoms with Crippen LogP contribution in [-0.2, 0) is 11.3 Å². The summed E-state index contributed by atoms with van der Waals surface area (Å²) in [4.78, 5) is 21.7. The van der Waals surface area contributed by atoms with E-state index < -0.39 is 11.6 Å². The minimum absolute atomic E-state index is 0. The Hall–Kier alpha value is -1.33. The lowest BCUT2D eigenvalue weighted by Crippen LogP contribution is -2.41. The summed E-state index contributed by atoms with van der Waals surface area (Å²) in [6.45, 7) is 0.886. The van der Waals surface area contributed by atoms with Crippen LogP contribution >= 0.6 is 12.4 Å². The van der Waals surface area contributed by atoms with Gasteiger partial charge in [0.05, 0.1) is 6.54 Å². The molecule has 0 aliphatic heterocycles. The number of carboxylic acids is 1. The number of hydrogen-bond donors (Lipinski definition) is 2. The molecule has 1 aromatic rings. The molecule has 0 aliphatic rings. The van der Waals surface area contributed by atoms with Crippen molar-refractivity contribution in [1.29, 1.82) is 0 Å². The summed E-state index contributed by atoms with van der Waals surface area (Å²) < 4.78 is 1.15. The van der Waals surface area contributed by atoms with Crippen LogP contribution in [0.2, 0.25) is 0 Å². The van der Waals surface area contributed by atoms with E-state index in [-0.39, 0.29) is 24.5 Å². The van der Waals surface area contributed by atoms with Gasteiger partial charge in [-0.25, -0.2) is 4.79 Å². The number of nitrogens with zero attached hydrogens (tertiary/aromatic N) is 1. The van der Waals surface area contributed by atoms with Gasteiger partial charge < -0.3 is 14.8 Å². The minimum Gasteiger partial charge on any atom is -0.479 e. The molecule has 0 amide bonds. The first-order valence-corrected chi connectivity index (χ1v) is 4.05. The van der Waals surface area contributed by atoms with Gasteiger partial charge in [0.2, 0.25) is 0 Å². The molecule has 0 aromatic carbocycles. The first-order valence-electron chi connectivity index (χ1n) is 4.05. The minimum atomic E-state index is -1.93. The van der Waals surface area contributed by atoms with Gasteiger partial charge in [-0.15, -0.1) is 12.4 Å². The van der Waals surface area contributed by atoms with Gasteiger partial charge in [-0.05, 0) is 13.0 Å². The highest BCUT2D eigenvalue weighted by Gasteiger charge is 2.30. The SMILES string of the molecule is CC(O)(Cn1ccccc1=O)C(=O)O.Cl. The third-order valence-corrected chi connectivity index (χ3v) is 1.84. The summed E-state index contributed by atoms with van der Waals surface area (Å²) in [5.41, 5.74) is -2.26. The fourth-order valence-electron chi connectivity index (χ4n) is 0.991. The fraction of sp³-hybridized carbons (Fsp3) is 0.333. The van der Waals surface area contributed by atoms with Crippen molar-refractivity contribution < 1.29 is 15.0 Å². The van der Waals surface area contributed by atoms with Crippen molar-refractivity contribution in [3.8, 4) is 0 Å². The summed E-state index contributed by atoms with van der Waals surface area (Å²) in [5, 5.41) is 18.0. The number of hydrogen-bond acceptors (Lipinski definition) is 3. The van der Waals surface area contributed by atoms with Gasteiger partial charge in [-0.3, -0.25) is 4.79 Å². The van der Waals surface area contributed by atoms with E-state index in [0.717, 1.165) is 11.5 Å². The summed E-state index contributed by atoms with van der Waals surface area (Å²) in [5.74, 6) is -1.35. The predicted octanol–water partition coefficient (Wildman–Crippen LogP) is 0.106. The molecule has 0 saturated carbocycles. The molecular formula is C9H12ClNO4. The van der Waals surface area contributed by atoms with E-state index in [4.69, 9.17) is 5.11 Å². The predicted molar refractivity (Wildman–Crippen MR) is 56.2 cm³/mol. The standard InChI is InChI=1S/C9H11NO4.ClH/c1-9(14,8(12)13)6-10-5-3-2-4-7(10)11;/h2-5,14H,6H2,1H3,(H,12,13);1H. The number of aliphatic carboxylic acids is 1. The van der Waals surface area contributed by atoms with Gasteiger partial charge in [0, 0.05) is 12.3 Å². The lowest BCUT2D eigenvalue weighted by Gasteiger charge is -2.18. The number of aromatic nitrogens is 1. The maximum absolute atomic E-state index is 11.2. The normalized spacial score (nSPS) is 13.7. The van der Waals surface area contributed by atoms with Gasteiger partial charge in [0.15, 0.2) is 5.60 Å². The van der Waals surface area contributed by atoms with Crippen LogP contribution in [0.4, 0.5) is 0 Å². The average molecular weight is 234 g/mol. The molecule has 0 saturated heterocycles. The van der Waals surface area contributed by atoms with Crippen LogP contribution in [0.1, 0.15) is 6.92 Å². The molecule has 1 atom stereocenters. The lowest BCUT2D eigenvalue weighted by molar-refractivity contribution is -0.157. The van der Waals surface area contributed by atoms with Crippen LogP contribution in [0, 0.1) is 0 Å². The smallest absolute Gasteiger partial charge is 0.337 e. The third-order valence-electron chi connectivity index (χ3n) is 1.84. The quantitative estimate of drug-likeness (QED) is 0.777. The van der Waals surface area contributed by atoms with E-state index in [0.29, 0.717) is 0 Å². The summed E-state index contributed by atoms with van der Waals surface area (Å²) in [6, 6.07) is 4.45. The Bertz CT molecular complexity index is 399. The lowest BCUT2D eigenvalue weighted by atomic mass is 10.1. The van der Waals surface area contributed by atoms with Gasteiger partial charge in [-0.2, -0.15) is 0 Å². The molecule has 1 heterocycles. The highest BCUT2D eigenvalue weighted by molar-refractivity contribution is 5.85. The van der Waals surface area contributed by atoms with Gasteiger partial charge in [0.25, 0.3) is 5.56 Å². The molecule has 0 spiro atoms. The molecule has 0 aliphatic carbocycles. The Balaban J connectivity index is 0.00000196. The van der Waals surface area contributed by atoms with Crippen LogP contribution in [0.25, 0.3) is 0 Å². The van der Waals surface area contributed by atoms with Crippen molar-refractivity contribution in [3.63, 3.8) is 0 Å². The highest BCUT2D eigenvalue weighted by atomic mass is 35.5. The summed E-state index contributed by atoms with van der Waals surface area (Å²) in [6.07, 6.45) is 1.43. The van der Waals surface area contributed by atoms with E-state index in [9.17, 15) is 14.7 Å². The van der Waals surface area contributed by atoms with Crippen molar-refractivity contribution in [2.75, 3.05) is 0 Å². The van der Waals surface area contributed by atoms with Gasteiger partial charge >= 0.3 is 5.97 Å². The molecule has 0 bridgehead atoms. The number of rotatable bonds is 3. The zero-order valence-corrected chi connectivity index (χ0v) is 8.90. The molecular weight excluding hydrogens is 222 g/mol. The fourth-order valence-corrected chi connectivity index (χ4v) is 0.991. The van der Waals surface area contributed by atoms with Crippen molar-refractivity contribution in [2.45, 2.75) is 19.1 Å². The Labute approximate surface area is 92.4 Å². The number of aliphatic hydroxyl groups is 1. The monoisotopic (exact) mass is 233 g/mol. The molecule has 1 aromatic heterocycles. The van der Waals surface area contributed by atoms with Crippen LogP contribution in [-0.4, -0.2) is 26.4 Å². The maximum atomic E-state index is 11.2. The zero-order valence-electron chi connectivity index (χ0n) is 8.08.